The van der Waals surface area contributed by atoms with Crippen molar-refractivity contribution in [1.82, 2.24) is 10.3 Å². The molecule has 0 bridgehead atoms. The summed E-state index contributed by atoms with van der Waals surface area (Å²) < 4.78 is 0. The van der Waals surface area contributed by atoms with Crippen molar-refractivity contribution in [1.29, 1.82) is 0 Å². The molecule has 0 unspecified atom stereocenters. The number of aromatic nitrogens is 1. The molecule has 1 aromatic heterocycles. The second-order valence-corrected chi connectivity index (χ2v) is 5.72. The summed E-state index contributed by atoms with van der Waals surface area (Å²) >= 11 is 1.26. The quantitative estimate of drug-likeness (QED) is 0.830. The third-order valence-corrected chi connectivity index (χ3v) is 4.13. The molecule has 0 saturated heterocycles. The van der Waals surface area contributed by atoms with Gasteiger partial charge < -0.3 is 11.1 Å². The Morgan fingerprint density at radius 1 is 1.50 bits per heavy atom. The largest absolute Gasteiger partial charge is 0.375 e. The average molecular weight is 239 g/mol. The number of carbonyl (C=O) groups is 1. The first-order valence-electron chi connectivity index (χ1n) is 5.56. The van der Waals surface area contributed by atoms with Crippen LogP contribution in [0.25, 0.3) is 0 Å². The number of nitrogens with two attached hydrogens (primary N) is 1. The fourth-order valence-electron chi connectivity index (χ4n) is 2.24. The normalized spacial score (nSPS) is 18.6. The van der Waals surface area contributed by atoms with E-state index in [1.165, 1.54) is 24.2 Å². The van der Waals surface area contributed by atoms with Gasteiger partial charge in [-0.1, -0.05) is 24.2 Å². The fraction of sp³-hybridized carbons (Fsp3) is 0.636. The van der Waals surface area contributed by atoms with Gasteiger partial charge in [-0.3, -0.25) is 4.79 Å². The molecule has 1 heterocycles. The van der Waals surface area contributed by atoms with E-state index in [0.29, 0.717) is 10.0 Å². The smallest absolute Gasteiger partial charge is 0.263 e. The molecule has 1 fully saturated rings. The monoisotopic (exact) mass is 239 g/mol. The topological polar surface area (TPSA) is 68.0 Å². The predicted molar refractivity (Wildman–Crippen MR) is 65.6 cm³/mol. The lowest BCUT2D eigenvalue weighted by Gasteiger charge is -2.24. The third-order valence-electron chi connectivity index (χ3n) is 3.14. The molecule has 1 aliphatic rings. The molecule has 88 valence electrons. The molecule has 2 rings (SSSR count). The molecule has 0 radical (unpaired) electrons. The number of aryl methyl sites for hydroxylation is 1. The zero-order chi connectivity index (χ0) is 11.8. The van der Waals surface area contributed by atoms with Crippen molar-refractivity contribution in [3.05, 3.63) is 10.6 Å². The second kappa shape index (κ2) is 4.05. The Kier molecular flexibility index (Phi) is 2.88. The summed E-state index contributed by atoms with van der Waals surface area (Å²) in [6.07, 6.45) is 4.51. The number of anilines is 1. The van der Waals surface area contributed by atoms with E-state index in [-0.39, 0.29) is 11.4 Å². The summed E-state index contributed by atoms with van der Waals surface area (Å²) in [5, 5.41) is 3.56. The zero-order valence-electron chi connectivity index (χ0n) is 9.67. The minimum absolute atomic E-state index is 0.0314. The van der Waals surface area contributed by atoms with Gasteiger partial charge in [-0.15, -0.1) is 0 Å². The van der Waals surface area contributed by atoms with E-state index in [4.69, 9.17) is 5.73 Å². The number of nitrogens with zero attached hydrogens (tertiary/aromatic N) is 1. The second-order valence-electron chi connectivity index (χ2n) is 4.69. The van der Waals surface area contributed by atoms with E-state index >= 15 is 0 Å². The number of carbonyl (C=O) groups excluding carboxylic acids is 1. The molecule has 1 aromatic rings. The molecular weight excluding hydrogens is 222 g/mol. The molecule has 0 atom stereocenters. The van der Waals surface area contributed by atoms with Gasteiger partial charge in [-0.25, -0.2) is 4.98 Å². The maximum atomic E-state index is 12.0. The SMILES string of the molecule is Cc1nc(N)sc1C(=O)NC1(C)CCCC1. The average Bonchev–Trinajstić information content (AvgIpc) is 2.73. The molecule has 4 nitrogen and oxygen atoms in total. The molecule has 5 heteroatoms. The van der Waals surface area contributed by atoms with Crippen LogP contribution in [0.4, 0.5) is 5.13 Å². The number of rotatable bonds is 2. The standard InChI is InChI=1S/C11H17N3OS/c1-7-8(16-10(12)13-7)9(15)14-11(2)5-3-4-6-11/h3-6H2,1-2H3,(H2,12,13)(H,14,15). The highest BCUT2D eigenvalue weighted by Gasteiger charge is 2.31. The Labute approximate surface area is 99.3 Å². The van der Waals surface area contributed by atoms with Crippen LogP contribution in [0.15, 0.2) is 0 Å². The van der Waals surface area contributed by atoms with Crippen LogP contribution in [-0.4, -0.2) is 16.4 Å². The Bertz CT molecular complexity index is 407. The van der Waals surface area contributed by atoms with E-state index < -0.39 is 0 Å². The van der Waals surface area contributed by atoms with E-state index in [2.05, 4.69) is 17.2 Å². The Morgan fingerprint density at radius 3 is 2.62 bits per heavy atom. The number of hydrogen-bond donors (Lipinski definition) is 2. The minimum Gasteiger partial charge on any atom is -0.375 e. The van der Waals surface area contributed by atoms with Gasteiger partial charge in [0.05, 0.1) is 5.69 Å². The van der Waals surface area contributed by atoms with E-state index in [1.807, 2.05) is 6.92 Å². The molecule has 0 aromatic carbocycles. The van der Waals surface area contributed by atoms with Crippen LogP contribution < -0.4 is 11.1 Å². The van der Waals surface area contributed by atoms with Crippen LogP contribution >= 0.6 is 11.3 Å². The highest BCUT2D eigenvalue weighted by atomic mass is 32.1. The Morgan fingerprint density at radius 2 is 2.12 bits per heavy atom. The number of nitrogens with one attached hydrogen (secondary N) is 1. The van der Waals surface area contributed by atoms with Crippen molar-refractivity contribution in [2.75, 3.05) is 5.73 Å². The third kappa shape index (κ3) is 2.19. The van der Waals surface area contributed by atoms with Crippen LogP contribution in [0, 0.1) is 6.92 Å². The highest BCUT2D eigenvalue weighted by Crippen LogP contribution is 2.30. The summed E-state index contributed by atoms with van der Waals surface area (Å²) in [6, 6.07) is 0. The summed E-state index contributed by atoms with van der Waals surface area (Å²) in [5.41, 5.74) is 6.27. The fourth-order valence-corrected chi connectivity index (χ4v) is 2.97. The van der Waals surface area contributed by atoms with Gasteiger partial charge in [0.2, 0.25) is 0 Å². The van der Waals surface area contributed by atoms with Gasteiger partial charge in [0.15, 0.2) is 5.13 Å². The van der Waals surface area contributed by atoms with Gasteiger partial charge in [0, 0.05) is 5.54 Å². The number of hydrogen-bond acceptors (Lipinski definition) is 4. The molecule has 0 spiro atoms. The van der Waals surface area contributed by atoms with E-state index in [0.717, 1.165) is 18.5 Å². The zero-order valence-corrected chi connectivity index (χ0v) is 10.5. The van der Waals surface area contributed by atoms with Crippen molar-refractivity contribution >= 4 is 22.4 Å². The first-order chi connectivity index (χ1) is 7.50. The van der Waals surface area contributed by atoms with Crippen LogP contribution in [0.2, 0.25) is 0 Å². The van der Waals surface area contributed by atoms with E-state index in [9.17, 15) is 4.79 Å². The van der Waals surface area contributed by atoms with Crippen LogP contribution in [0.5, 0.6) is 0 Å². The van der Waals surface area contributed by atoms with Gasteiger partial charge in [-0.05, 0) is 26.7 Å². The van der Waals surface area contributed by atoms with E-state index in [1.54, 1.807) is 0 Å². The first kappa shape index (κ1) is 11.4. The van der Waals surface area contributed by atoms with Crippen LogP contribution in [0.1, 0.15) is 48.0 Å². The van der Waals surface area contributed by atoms with Crippen molar-refractivity contribution in [3.63, 3.8) is 0 Å². The van der Waals surface area contributed by atoms with Gasteiger partial charge in [0.25, 0.3) is 5.91 Å². The summed E-state index contributed by atoms with van der Waals surface area (Å²) in [6.45, 7) is 3.93. The molecule has 3 N–H and O–H groups in total. The minimum atomic E-state index is -0.0394. The lowest BCUT2D eigenvalue weighted by Crippen LogP contribution is -2.43. The molecule has 16 heavy (non-hydrogen) atoms. The van der Waals surface area contributed by atoms with Crippen LogP contribution in [0.3, 0.4) is 0 Å². The van der Waals surface area contributed by atoms with Crippen molar-refractivity contribution in [2.45, 2.75) is 45.1 Å². The predicted octanol–water partition coefficient (Wildman–Crippen LogP) is 2.10. The van der Waals surface area contributed by atoms with Gasteiger partial charge in [0.1, 0.15) is 4.88 Å². The number of thiazole rings is 1. The first-order valence-corrected chi connectivity index (χ1v) is 6.37. The Balaban J connectivity index is 2.11. The molecular formula is C11H17N3OS. The molecule has 0 aliphatic heterocycles. The lowest BCUT2D eigenvalue weighted by molar-refractivity contribution is 0.0911. The maximum absolute atomic E-state index is 12.0. The highest BCUT2D eigenvalue weighted by molar-refractivity contribution is 7.17. The maximum Gasteiger partial charge on any atom is 0.263 e. The summed E-state index contributed by atoms with van der Waals surface area (Å²) in [4.78, 5) is 16.8. The Hall–Kier alpha value is -1.10. The molecule has 1 saturated carbocycles. The van der Waals surface area contributed by atoms with Gasteiger partial charge in [-0.2, -0.15) is 0 Å². The summed E-state index contributed by atoms with van der Waals surface area (Å²) in [5.74, 6) is -0.0314. The van der Waals surface area contributed by atoms with Crippen molar-refractivity contribution in [2.24, 2.45) is 0 Å². The number of nitrogen functional groups attached to an aromatic ring is 1. The molecule has 1 aliphatic carbocycles. The number of amides is 1. The molecule has 1 amide bonds. The summed E-state index contributed by atoms with van der Waals surface area (Å²) in [7, 11) is 0. The van der Waals surface area contributed by atoms with Crippen LogP contribution in [-0.2, 0) is 0 Å². The van der Waals surface area contributed by atoms with Gasteiger partial charge >= 0.3 is 0 Å². The van der Waals surface area contributed by atoms with Crippen molar-refractivity contribution < 1.29 is 4.79 Å². The van der Waals surface area contributed by atoms with Crippen molar-refractivity contribution in [3.8, 4) is 0 Å². The lowest BCUT2D eigenvalue weighted by atomic mass is 10.0.